The molecule has 0 amide bonds. The van der Waals surface area contributed by atoms with Gasteiger partial charge >= 0.3 is 5.95 Å². The highest BCUT2D eigenvalue weighted by Gasteiger charge is 2.09. The third-order valence-electron chi connectivity index (χ3n) is 2.10. The number of rotatable bonds is 4. The van der Waals surface area contributed by atoms with Crippen LogP contribution in [0.3, 0.4) is 0 Å². The molecule has 2 aromatic rings. The molecule has 17 heavy (non-hydrogen) atoms. The van der Waals surface area contributed by atoms with Crippen molar-refractivity contribution in [3.8, 4) is 17.4 Å². The zero-order valence-corrected chi connectivity index (χ0v) is 9.12. The Morgan fingerprint density at radius 2 is 2.12 bits per heavy atom. The molecule has 0 saturated heterocycles. The Bertz CT molecular complexity index is 519. The average Bonchev–Trinajstić information content (AvgIpc) is 2.78. The number of benzene rings is 1. The van der Waals surface area contributed by atoms with Crippen LogP contribution in [0.4, 0.5) is 5.69 Å². The first kappa shape index (κ1) is 11.1. The fourth-order valence-electron chi connectivity index (χ4n) is 1.33. The molecular weight excluding hydrogens is 224 g/mol. The van der Waals surface area contributed by atoms with E-state index in [0.717, 1.165) is 0 Å². The quantitative estimate of drug-likeness (QED) is 0.600. The number of hydrogen-bond acceptors (Lipinski definition) is 5. The summed E-state index contributed by atoms with van der Waals surface area (Å²) in [5.74, 6) is 0.712. The number of hydrogen-bond donors (Lipinski definition) is 0. The Morgan fingerprint density at radius 1 is 1.41 bits per heavy atom. The highest BCUT2D eigenvalue weighted by molar-refractivity contribution is 5.55. The monoisotopic (exact) mass is 234 g/mol. The first-order valence-electron chi connectivity index (χ1n) is 5.04. The van der Waals surface area contributed by atoms with Gasteiger partial charge in [-0.3, -0.25) is 10.1 Å². The maximum absolute atomic E-state index is 10.5. The van der Waals surface area contributed by atoms with Crippen LogP contribution in [-0.4, -0.2) is 16.5 Å². The van der Waals surface area contributed by atoms with Crippen LogP contribution in [0.25, 0.3) is 11.5 Å². The van der Waals surface area contributed by atoms with Crippen molar-refractivity contribution in [3.63, 3.8) is 0 Å². The molecular formula is C11H10N2O4. The zero-order chi connectivity index (χ0) is 12.3. The molecule has 0 bridgehead atoms. The van der Waals surface area contributed by atoms with Gasteiger partial charge in [-0.05, 0) is 19.1 Å². The number of nitrogens with zero attached hydrogens (tertiary/aromatic N) is 2. The van der Waals surface area contributed by atoms with Crippen molar-refractivity contribution in [1.82, 2.24) is 4.98 Å². The summed E-state index contributed by atoms with van der Waals surface area (Å²) in [5, 5.41) is 10.5. The van der Waals surface area contributed by atoms with Gasteiger partial charge in [0.2, 0.25) is 5.89 Å². The van der Waals surface area contributed by atoms with E-state index in [-0.39, 0.29) is 5.69 Å². The van der Waals surface area contributed by atoms with Crippen LogP contribution in [0.2, 0.25) is 0 Å². The third-order valence-corrected chi connectivity index (χ3v) is 2.10. The summed E-state index contributed by atoms with van der Waals surface area (Å²) in [4.78, 5) is 14.0. The minimum atomic E-state index is -0.453. The Balaban J connectivity index is 2.23. The van der Waals surface area contributed by atoms with E-state index >= 15 is 0 Å². The maximum atomic E-state index is 10.5. The maximum Gasteiger partial charge on any atom is 0.305 e. The van der Waals surface area contributed by atoms with Crippen molar-refractivity contribution in [2.75, 3.05) is 6.61 Å². The van der Waals surface area contributed by atoms with Crippen LogP contribution in [0.5, 0.6) is 5.95 Å². The topological polar surface area (TPSA) is 78.4 Å². The van der Waals surface area contributed by atoms with Crippen LogP contribution in [0, 0.1) is 10.1 Å². The number of ether oxygens (including phenoxy) is 1. The molecule has 0 saturated carbocycles. The molecule has 6 heteroatoms. The second-order valence-corrected chi connectivity index (χ2v) is 3.22. The Morgan fingerprint density at radius 3 is 2.71 bits per heavy atom. The first-order chi connectivity index (χ1) is 8.20. The van der Waals surface area contributed by atoms with Crippen molar-refractivity contribution >= 4 is 5.69 Å². The number of oxazole rings is 1. The second kappa shape index (κ2) is 4.65. The highest BCUT2D eigenvalue weighted by atomic mass is 16.6. The van der Waals surface area contributed by atoms with Gasteiger partial charge in [-0.15, -0.1) is 0 Å². The second-order valence-electron chi connectivity index (χ2n) is 3.22. The van der Waals surface area contributed by atoms with Gasteiger partial charge in [0.25, 0.3) is 5.69 Å². The number of nitro groups is 1. The fourth-order valence-corrected chi connectivity index (χ4v) is 1.33. The van der Waals surface area contributed by atoms with E-state index in [1.165, 1.54) is 18.3 Å². The van der Waals surface area contributed by atoms with E-state index in [4.69, 9.17) is 9.15 Å². The molecule has 0 radical (unpaired) electrons. The molecule has 0 atom stereocenters. The minimum absolute atomic E-state index is 0.0327. The molecule has 1 aromatic carbocycles. The van der Waals surface area contributed by atoms with Crippen molar-refractivity contribution in [1.29, 1.82) is 0 Å². The lowest BCUT2D eigenvalue weighted by Gasteiger charge is -1.96. The molecule has 0 N–H and O–H groups in total. The van der Waals surface area contributed by atoms with Crippen LogP contribution >= 0.6 is 0 Å². The molecule has 1 heterocycles. The van der Waals surface area contributed by atoms with Gasteiger partial charge < -0.3 is 9.15 Å². The standard InChI is InChI=1S/C11H10N2O4/c1-2-16-10-7-12-11(17-10)8-3-5-9(6-4-8)13(14)15/h3-7H,2H2,1H3. The molecule has 0 aliphatic carbocycles. The molecule has 1 aromatic heterocycles. The smallest absolute Gasteiger partial charge is 0.305 e. The molecule has 0 aliphatic rings. The van der Waals surface area contributed by atoms with Crippen LogP contribution in [-0.2, 0) is 0 Å². The van der Waals surface area contributed by atoms with Crippen LogP contribution < -0.4 is 4.74 Å². The lowest BCUT2D eigenvalue weighted by Crippen LogP contribution is -1.88. The first-order valence-corrected chi connectivity index (χ1v) is 5.04. The van der Waals surface area contributed by atoms with Gasteiger partial charge in [0.15, 0.2) is 0 Å². The Kier molecular flexibility index (Phi) is 3.04. The molecule has 0 fully saturated rings. The lowest BCUT2D eigenvalue weighted by atomic mass is 10.2. The summed E-state index contributed by atoms with van der Waals surface area (Å²) in [6.45, 7) is 2.34. The fraction of sp³-hybridized carbons (Fsp3) is 0.182. The van der Waals surface area contributed by atoms with Crippen molar-refractivity contribution < 1.29 is 14.1 Å². The molecule has 2 rings (SSSR count). The van der Waals surface area contributed by atoms with Crippen LogP contribution in [0.15, 0.2) is 34.9 Å². The predicted octanol–water partition coefficient (Wildman–Crippen LogP) is 2.65. The summed E-state index contributed by atoms with van der Waals surface area (Å²) in [7, 11) is 0. The lowest BCUT2D eigenvalue weighted by molar-refractivity contribution is -0.384. The zero-order valence-electron chi connectivity index (χ0n) is 9.12. The van der Waals surface area contributed by atoms with Gasteiger partial charge in [0.05, 0.1) is 11.5 Å². The minimum Gasteiger partial charge on any atom is -0.464 e. The molecule has 0 unspecified atom stereocenters. The van der Waals surface area contributed by atoms with Crippen LogP contribution in [0.1, 0.15) is 6.92 Å². The molecule has 0 spiro atoms. The van der Waals surface area contributed by atoms with Gasteiger partial charge in [0.1, 0.15) is 6.20 Å². The average molecular weight is 234 g/mol. The Labute approximate surface area is 97.0 Å². The predicted molar refractivity (Wildman–Crippen MR) is 59.8 cm³/mol. The number of aromatic nitrogens is 1. The molecule has 88 valence electrons. The summed E-state index contributed by atoms with van der Waals surface area (Å²) in [6, 6.07) is 5.97. The van der Waals surface area contributed by atoms with Crippen molar-refractivity contribution in [3.05, 3.63) is 40.6 Å². The van der Waals surface area contributed by atoms with Crippen molar-refractivity contribution in [2.24, 2.45) is 0 Å². The van der Waals surface area contributed by atoms with E-state index in [9.17, 15) is 10.1 Å². The van der Waals surface area contributed by atoms with Gasteiger partial charge in [-0.2, -0.15) is 0 Å². The summed E-state index contributed by atoms with van der Waals surface area (Å²) < 4.78 is 10.4. The van der Waals surface area contributed by atoms with Gasteiger partial charge in [-0.1, -0.05) is 0 Å². The number of nitro benzene ring substituents is 1. The normalized spacial score (nSPS) is 10.2. The highest BCUT2D eigenvalue weighted by Crippen LogP contribution is 2.24. The van der Waals surface area contributed by atoms with E-state index < -0.39 is 4.92 Å². The Hall–Kier alpha value is -2.37. The van der Waals surface area contributed by atoms with Gasteiger partial charge in [-0.25, -0.2) is 4.98 Å². The molecule has 6 nitrogen and oxygen atoms in total. The SMILES string of the molecule is CCOc1cnc(-c2ccc([N+](=O)[O-])cc2)o1. The van der Waals surface area contributed by atoms with E-state index in [1.54, 1.807) is 12.1 Å². The number of non-ortho nitro benzene ring substituents is 1. The van der Waals surface area contributed by atoms with Gasteiger partial charge in [0, 0.05) is 17.7 Å². The largest absolute Gasteiger partial charge is 0.464 e. The van der Waals surface area contributed by atoms with E-state index in [1.807, 2.05) is 6.92 Å². The third kappa shape index (κ3) is 2.41. The van der Waals surface area contributed by atoms with E-state index in [0.29, 0.717) is 24.0 Å². The summed E-state index contributed by atoms with van der Waals surface area (Å²) in [5.41, 5.74) is 0.701. The summed E-state index contributed by atoms with van der Waals surface area (Å²) in [6.07, 6.45) is 1.47. The van der Waals surface area contributed by atoms with Crippen molar-refractivity contribution in [2.45, 2.75) is 6.92 Å². The van der Waals surface area contributed by atoms with E-state index in [2.05, 4.69) is 4.98 Å². The summed E-state index contributed by atoms with van der Waals surface area (Å²) >= 11 is 0. The molecule has 0 aliphatic heterocycles.